The van der Waals surface area contributed by atoms with Gasteiger partial charge in [-0.25, -0.2) is 0 Å². The first-order valence-corrected chi connectivity index (χ1v) is 8.47. The molecular weight excluding hydrogens is 326 g/mol. The van der Waals surface area contributed by atoms with Crippen LogP contribution >= 0.6 is 24.0 Å². The Balaban J connectivity index is 1.85. The van der Waals surface area contributed by atoms with Crippen LogP contribution in [0.2, 0.25) is 0 Å². The molecule has 3 nitrogen and oxygen atoms in total. The minimum atomic E-state index is -0.0898. The lowest BCUT2D eigenvalue weighted by molar-refractivity contribution is -0.113. The van der Waals surface area contributed by atoms with Crippen LogP contribution in [0.15, 0.2) is 59.5 Å². The van der Waals surface area contributed by atoms with Crippen molar-refractivity contribution in [1.82, 2.24) is 0 Å². The highest BCUT2D eigenvalue weighted by Crippen LogP contribution is 2.36. The molecule has 1 aliphatic rings. The fourth-order valence-corrected chi connectivity index (χ4v) is 3.55. The molecule has 1 amide bonds. The normalized spacial score (nSPS) is 16.2. The number of hydrogen-bond donors (Lipinski definition) is 0. The molecule has 0 saturated carbocycles. The van der Waals surface area contributed by atoms with Gasteiger partial charge in [-0.05, 0) is 42.8 Å². The first kappa shape index (κ1) is 15.8. The van der Waals surface area contributed by atoms with E-state index in [4.69, 9.17) is 17.0 Å². The standard InChI is InChI=1S/C18H15NO2S2/c1-2-21-15-10-8-14(9-11-15)19-17(20)16(23-18(19)22)12-13-6-4-3-5-7-13/h3-12H,2H2,1H3/b16-12-. The zero-order chi connectivity index (χ0) is 16.2. The highest BCUT2D eigenvalue weighted by atomic mass is 32.2. The maximum Gasteiger partial charge on any atom is 0.270 e. The Kier molecular flexibility index (Phi) is 4.79. The van der Waals surface area contributed by atoms with Crippen molar-refractivity contribution >= 4 is 46.0 Å². The minimum Gasteiger partial charge on any atom is -0.494 e. The van der Waals surface area contributed by atoms with Crippen molar-refractivity contribution in [3.05, 3.63) is 65.1 Å². The van der Waals surface area contributed by atoms with Crippen LogP contribution in [0.1, 0.15) is 12.5 Å². The fourth-order valence-electron chi connectivity index (χ4n) is 2.25. The smallest absolute Gasteiger partial charge is 0.270 e. The van der Waals surface area contributed by atoms with Gasteiger partial charge in [-0.1, -0.05) is 54.3 Å². The molecule has 0 N–H and O–H groups in total. The van der Waals surface area contributed by atoms with Gasteiger partial charge in [0, 0.05) is 0 Å². The average molecular weight is 341 g/mol. The van der Waals surface area contributed by atoms with Crippen LogP contribution in [-0.4, -0.2) is 16.8 Å². The van der Waals surface area contributed by atoms with Crippen molar-refractivity contribution < 1.29 is 9.53 Å². The van der Waals surface area contributed by atoms with E-state index in [0.29, 0.717) is 15.8 Å². The van der Waals surface area contributed by atoms with Crippen LogP contribution in [0.25, 0.3) is 6.08 Å². The monoisotopic (exact) mass is 341 g/mol. The SMILES string of the molecule is CCOc1ccc(N2C(=O)/C(=C/c3ccccc3)SC2=S)cc1. The number of ether oxygens (including phenoxy) is 1. The number of carbonyl (C=O) groups is 1. The van der Waals surface area contributed by atoms with Crippen molar-refractivity contribution in [2.75, 3.05) is 11.5 Å². The zero-order valence-corrected chi connectivity index (χ0v) is 14.2. The largest absolute Gasteiger partial charge is 0.494 e. The van der Waals surface area contributed by atoms with Gasteiger partial charge < -0.3 is 4.74 Å². The number of anilines is 1. The molecule has 0 bridgehead atoms. The van der Waals surface area contributed by atoms with Crippen LogP contribution in [0, 0.1) is 0 Å². The number of thiocarbonyl (C=S) groups is 1. The second-order valence-corrected chi connectivity index (χ2v) is 6.53. The van der Waals surface area contributed by atoms with E-state index < -0.39 is 0 Å². The van der Waals surface area contributed by atoms with Crippen LogP contribution in [0.5, 0.6) is 5.75 Å². The third-order valence-corrected chi connectivity index (χ3v) is 4.60. The van der Waals surface area contributed by atoms with Crippen LogP contribution in [0.3, 0.4) is 0 Å². The number of carbonyl (C=O) groups excluding carboxylic acids is 1. The van der Waals surface area contributed by atoms with E-state index in [1.807, 2.05) is 67.6 Å². The van der Waals surface area contributed by atoms with E-state index in [1.54, 1.807) is 4.90 Å². The van der Waals surface area contributed by atoms with Gasteiger partial charge >= 0.3 is 0 Å². The molecular formula is C18H15NO2S2. The number of nitrogens with zero attached hydrogens (tertiary/aromatic N) is 1. The highest BCUT2D eigenvalue weighted by molar-refractivity contribution is 8.27. The molecule has 0 spiro atoms. The van der Waals surface area contributed by atoms with E-state index in [1.165, 1.54) is 11.8 Å². The Hall–Kier alpha value is -2.11. The lowest BCUT2D eigenvalue weighted by Gasteiger charge is -2.15. The summed E-state index contributed by atoms with van der Waals surface area (Å²) in [4.78, 5) is 14.8. The molecule has 3 rings (SSSR count). The average Bonchev–Trinajstić information content (AvgIpc) is 2.84. The molecule has 1 heterocycles. The van der Waals surface area contributed by atoms with Gasteiger partial charge in [0.05, 0.1) is 17.2 Å². The van der Waals surface area contributed by atoms with E-state index in [-0.39, 0.29) is 5.91 Å². The van der Waals surface area contributed by atoms with Gasteiger partial charge in [-0.3, -0.25) is 9.69 Å². The lowest BCUT2D eigenvalue weighted by atomic mass is 10.2. The van der Waals surface area contributed by atoms with Crippen LogP contribution in [0.4, 0.5) is 5.69 Å². The van der Waals surface area contributed by atoms with Crippen LogP contribution in [-0.2, 0) is 4.79 Å². The molecule has 0 aromatic heterocycles. The Morgan fingerprint density at radius 3 is 2.48 bits per heavy atom. The second-order valence-electron chi connectivity index (χ2n) is 4.85. The van der Waals surface area contributed by atoms with E-state index in [9.17, 15) is 4.79 Å². The number of thioether (sulfide) groups is 1. The summed E-state index contributed by atoms with van der Waals surface area (Å²) in [7, 11) is 0. The zero-order valence-electron chi connectivity index (χ0n) is 12.6. The van der Waals surface area contributed by atoms with Crippen molar-refractivity contribution in [1.29, 1.82) is 0 Å². The topological polar surface area (TPSA) is 29.5 Å². The highest BCUT2D eigenvalue weighted by Gasteiger charge is 2.33. The maximum absolute atomic E-state index is 12.6. The molecule has 1 saturated heterocycles. The number of rotatable bonds is 4. The van der Waals surface area contributed by atoms with E-state index >= 15 is 0 Å². The van der Waals surface area contributed by atoms with Gasteiger partial charge in [0.15, 0.2) is 4.32 Å². The first-order valence-electron chi connectivity index (χ1n) is 7.25. The van der Waals surface area contributed by atoms with Crippen molar-refractivity contribution in [3.8, 4) is 5.75 Å². The molecule has 116 valence electrons. The summed E-state index contributed by atoms with van der Waals surface area (Å²) in [5.41, 5.74) is 1.74. The summed E-state index contributed by atoms with van der Waals surface area (Å²) in [5, 5.41) is 0. The van der Waals surface area contributed by atoms with Crippen LogP contribution < -0.4 is 9.64 Å². The molecule has 0 aliphatic carbocycles. The predicted octanol–water partition coefficient (Wildman–Crippen LogP) is 4.49. The summed E-state index contributed by atoms with van der Waals surface area (Å²) in [6.45, 7) is 2.55. The molecule has 1 fully saturated rings. The molecule has 2 aromatic rings. The molecule has 5 heteroatoms. The molecule has 23 heavy (non-hydrogen) atoms. The number of amides is 1. The minimum absolute atomic E-state index is 0.0898. The molecule has 0 radical (unpaired) electrons. The molecule has 1 aliphatic heterocycles. The number of hydrogen-bond acceptors (Lipinski definition) is 4. The predicted molar refractivity (Wildman–Crippen MR) is 99.7 cm³/mol. The van der Waals surface area contributed by atoms with Gasteiger partial charge in [-0.15, -0.1) is 0 Å². The molecule has 0 atom stereocenters. The summed E-state index contributed by atoms with van der Waals surface area (Å²) in [5.74, 6) is 0.689. The Morgan fingerprint density at radius 2 is 1.83 bits per heavy atom. The third kappa shape index (κ3) is 3.46. The van der Waals surface area contributed by atoms with Crippen molar-refractivity contribution in [2.45, 2.75) is 6.92 Å². The van der Waals surface area contributed by atoms with Gasteiger partial charge in [0.2, 0.25) is 0 Å². The summed E-state index contributed by atoms with van der Waals surface area (Å²) >= 11 is 6.70. The van der Waals surface area contributed by atoms with Crippen molar-refractivity contribution in [2.24, 2.45) is 0 Å². The lowest BCUT2D eigenvalue weighted by Crippen LogP contribution is -2.27. The van der Waals surface area contributed by atoms with Gasteiger partial charge in [0.1, 0.15) is 5.75 Å². The third-order valence-electron chi connectivity index (χ3n) is 3.30. The summed E-state index contributed by atoms with van der Waals surface area (Å²) in [6.07, 6.45) is 1.87. The quantitative estimate of drug-likeness (QED) is 0.605. The fraction of sp³-hybridized carbons (Fsp3) is 0.111. The second kappa shape index (κ2) is 6.98. The van der Waals surface area contributed by atoms with Gasteiger partial charge in [-0.2, -0.15) is 0 Å². The van der Waals surface area contributed by atoms with E-state index in [2.05, 4.69) is 0 Å². The Bertz CT molecular complexity index is 754. The van der Waals surface area contributed by atoms with Gasteiger partial charge in [0.25, 0.3) is 5.91 Å². The molecule has 0 unspecified atom stereocenters. The summed E-state index contributed by atoms with van der Waals surface area (Å²) < 4.78 is 5.97. The Morgan fingerprint density at radius 1 is 1.13 bits per heavy atom. The number of benzene rings is 2. The molecule has 2 aromatic carbocycles. The van der Waals surface area contributed by atoms with E-state index in [0.717, 1.165) is 17.0 Å². The first-order chi connectivity index (χ1) is 11.2. The van der Waals surface area contributed by atoms with Crippen molar-refractivity contribution in [3.63, 3.8) is 0 Å². The Labute approximate surface area is 144 Å². The summed E-state index contributed by atoms with van der Waals surface area (Å²) in [6, 6.07) is 17.1. The maximum atomic E-state index is 12.6.